The van der Waals surface area contributed by atoms with Gasteiger partial charge in [0.05, 0.1) is 0 Å². The predicted molar refractivity (Wildman–Crippen MR) is 79.2 cm³/mol. The van der Waals surface area contributed by atoms with Crippen molar-refractivity contribution in [1.29, 1.82) is 0 Å². The zero-order valence-corrected chi connectivity index (χ0v) is 12.2. The SMILES string of the molecule is CCc1nc(C(=O)Nc2ccc(C)c(N(C)C)c2)n[nH]1. The summed E-state index contributed by atoms with van der Waals surface area (Å²) in [5, 5.41) is 9.44. The van der Waals surface area contributed by atoms with Crippen molar-refractivity contribution in [2.24, 2.45) is 0 Å². The fourth-order valence-electron chi connectivity index (χ4n) is 1.91. The number of nitrogens with one attached hydrogen (secondary N) is 2. The molecule has 0 saturated carbocycles. The van der Waals surface area contributed by atoms with E-state index in [-0.39, 0.29) is 11.7 Å². The van der Waals surface area contributed by atoms with Crippen molar-refractivity contribution in [3.05, 3.63) is 35.4 Å². The summed E-state index contributed by atoms with van der Waals surface area (Å²) in [6.07, 6.45) is 0.718. The molecule has 0 aliphatic carbocycles. The normalized spacial score (nSPS) is 10.4. The molecule has 0 aliphatic rings. The highest BCUT2D eigenvalue weighted by Crippen LogP contribution is 2.22. The molecule has 0 bridgehead atoms. The fourth-order valence-corrected chi connectivity index (χ4v) is 1.91. The molecule has 0 fully saturated rings. The summed E-state index contributed by atoms with van der Waals surface area (Å²) in [4.78, 5) is 18.2. The van der Waals surface area contributed by atoms with E-state index in [2.05, 4.69) is 20.5 Å². The second-order valence-corrected chi connectivity index (χ2v) is 4.81. The zero-order chi connectivity index (χ0) is 14.7. The van der Waals surface area contributed by atoms with Gasteiger partial charge in [0, 0.05) is 31.9 Å². The van der Waals surface area contributed by atoms with Gasteiger partial charge in [0.25, 0.3) is 5.91 Å². The maximum absolute atomic E-state index is 12.0. The number of benzene rings is 1. The molecule has 0 unspecified atom stereocenters. The Labute approximate surface area is 118 Å². The van der Waals surface area contributed by atoms with E-state index in [1.54, 1.807) is 0 Å². The molecular weight excluding hydrogens is 254 g/mol. The third-order valence-corrected chi connectivity index (χ3v) is 3.02. The van der Waals surface area contributed by atoms with Crippen LogP contribution in [0.1, 0.15) is 28.9 Å². The van der Waals surface area contributed by atoms with E-state index in [1.807, 2.05) is 51.0 Å². The van der Waals surface area contributed by atoms with Gasteiger partial charge in [-0.15, -0.1) is 5.10 Å². The lowest BCUT2D eigenvalue weighted by atomic mass is 10.1. The van der Waals surface area contributed by atoms with Crippen LogP contribution >= 0.6 is 0 Å². The van der Waals surface area contributed by atoms with Crippen LogP contribution in [-0.4, -0.2) is 35.2 Å². The number of anilines is 2. The van der Waals surface area contributed by atoms with Gasteiger partial charge in [-0.3, -0.25) is 9.89 Å². The van der Waals surface area contributed by atoms with Gasteiger partial charge in [-0.05, 0) is 24.6 Å². The maximum atomic E-state index is 12.0. The van der Waals surface area contributed by atoms with Crippen LogP contribution in [0, 0.1) is 6.92 Å². The first kappa shape index (κ1) is 14.0. The second kappa shape index (κ2) is 5.73. The van der Waals surface area contributed by atoms with Crippen LogP contribution in [0.4, 0.5) is 11.4 Å². The molecule has 1 amide bonds. The summed E-state index contributed by atoms with van der Waals surface area (Å²) in [5.74, 6) is 0.552. The standard InChI is InChI=1S/C14H19N5O/c1-5-12-16-13(18-17-12)14(20)15-10-7-6-9(2)11(8-10)19(3)4/h6-8H,5H2,1-4H3,(H,15,20)(H,16,17,18). The van der Waals surface area contributed by atoms with Crippen LogP contribution in [0.5, 0.6) is 0 Å². The number of carbonyl (C=O) groups excluding carboxylic acids is 1. The van der Waals surface area contributed by atoms with Gasteiger partial charge in [0.1, 0.15) is 5.82 Å². The minimum absolute atomic E-state index is 0.161. The molecule has 1 heterocycles. The summed E-state index contributed by atoms with van der Waals surface area (Å²) < 4.78 is 0. The largest absolute Gasteiger partial charge is 0.377 e. The number of hydrogen-bond donors (Lipinski definition) is 2. The van der Waals surface area contributed by atoms with Crippen molar-refractivity contribution in [2.75, 3.05) is 24.3 Å². The van der Waals surface area contributed by atoms with Gasteiger partial charge < -0.3 is 10.2 Å². The lowest BCUT2D eigenvalue weighted by molar-refractivity contribution is 0.101. The molecule has 0 saturated heterocycles. The summed E-state index contributed by atoms with van der Waals surface area (Å²) in [7, 11) is 3.94. The van der Waals surface area contributed by atoms with Crippen LogP contribution in [0.25, 0.3) is 0 Å². The van der Waals surface area contributed by atoms with Crippen molar-refractivity contribution >= 4 is 17.3 Å². The van der Waals surface area contributed by atoms with E-state index in [0.29, 0.717) is 5.82 Å². The smallest absolute Gasteiger partial charge is 0.295 e. The minimum atomic E-state index is -0.311. The summed E-state index contributed by atoms with van der Waals surface area (Å²) in [5.41, 5.74) is 2.94. The Hall–Kier alpha value is -2.37. The Morgan fingerprint density at radius 2 is 2.15 bits per heavy atom. The van der Waals surface area contributed by atoms with E-state index < -0.39 is 0 Å². The summed E-state index contributed by atoms with van der Waals surface area (Å²) >= 11 is 0. The average molecular weight is 273 g/mol. The number of hydrogen-bond acceptors (Lipinski definition) is 4. The van der Waals surface area contributed by atoms with E-state index in [4.69, 9.17) is 0 Å². The minimum Gasteiger partial charge on any atom is -0.377 e. The number of aromatic amines is 1. The molecule has 0 spiro atoms. The third kappa shape index (κ3) is 2.96. The Bertz CT molecular complexity index is 618. The van der Waals surface area contributed by atoms with E-state index in [1.165, 1.54) is 0 Å². The molecule has 1 aromatic heterocycles. The zero-order valence-electron chi connectivity index (χ0n) is 12.2. The van der Waals surface area contributed by atoms with Crippen molar-refractivity contribution in [1.82, 2.24) is 15.2 Å². The average Bonchev–Trinajstić information content (AvgIpc) is 2.89. The number of carbonyl (C=O) groups is 1. The van der Waals surface area contributed by atoms with Crippen LogP contribution in [0.2, 0.25) is 0 Å². The summed E-state index contributed by atoms with van der Waals surface area (Å²) in [6.45, 7) is 3.98. The molecule has 2 aromatic rings. The van der Waals surface area contributed by atoms with E-state index in [0.717, 1.165) is 23.4 Å². The number of H-pyrrole nitrogens is 1. The molecule has 106 valence electrons. The molecule has 0 aliphatic heterocycles. The molecule has 20 heavy (non-hydrogen) atoms. The fraction of sp³-hybridized carbons (Fsp3) is 0.357. The second-order valence-electron chi connectivity index (χ2n) is 4.81. The molecular formula is C14H19N5O. The number of rotatable bonds is 4. The monoisotopic (exact) mass is 273 g/mol. The number of aryl methyl sites for hydroxylation is 2. The Morgan fingerprint density at radius 3 is 2.75 bits per heavy atom. The van der Waals surface area contributed by atoms with Gasteiger partial charge in [-0.25, -0.2) is 4.98 Å². The molecule has 0 atom stereocenters. The van der Waals surface area contributed by atoms with Crippen LogP contribution in [0.15, 0.2) is 18.2 Å². The van der Waals surface area contributed by atoms with Crippen LogP contribution < -0.4 is 10.2 Å². The highest BCUT2D eigenvalue weighted by molar-refractivity contribution is 6.01. The molecule has 6 heteroatoms. The van der Waals surface area contributed by atoms with Crippen LogP contribution in [0.3, 0.4) is 0 Å². The molecule has 1 aromatic carbocycles. The lowest BCUT2D eigenvalue weighted by Crippen LogP contribution is -2.15. The summed E-state index contributed by atoms with van der Waals surface area (Å²) in [6, 6.07) is 5.77. The molecule has 2 N–H and O–H groups in total. The van der Waals surface area contributed by atoms with Crippen LogP contribution in [-0.2, 0) is 6.42 Å². The Kier molecular flexibility index (Phi) is 4.02. The van der Waals surface area contributed by atoms with E-state index >= 15 is 0 Å². The maximum Gasteiger partial charge on any atom is 0.295 e. The molecule has 2 rings (SSSR count). The van der Waals surface area contributed by atoms with Crippen molar-refractivity contribution in [3.8, 4) is 0 Å². The number of nitrogens with zero attached hydrogens (tertiary/aromatic N) is 3. The predicted octanol–water partition coefficient (Wildman–Crippen LogP) is 1.99. The molecule has 0 radical (unpaired) electrons. The quantitative estimate of drug-likeness (QED) is 0.893. The first-order valence-electron chi connectivity index (χ1n) is 6.52. The molecule has 6 nitrogen and oxygen atoms in total. The van der Waals surface area contributed by atoms with Crippen molar-refractivity contribution < 1.29 is 4.79 Å². The topological polar surface area (TPSA) is 73.9 Å². The van der Waals surface area contributed by atoms with Crippen molar-refractivity contribution in [3.63, 3.8) is 0 Å². The Morgan fingerprint density at radius 1 is 1.40 bits per heavy atom. The highest BCUT2D eigenvalue weighted by Gasteiger charge is 2.13. The highest BCUT2D eigenvalue weighted by atomic mass is 16.2. The van der Waals surface area contributed by atoms with Gasteiger partial charge in [-0.2, -0.15) is 0 Å². The van der Waals surface area contributed by atoms with Crippen molar-refractivity contribution in [2.45, 2.75) is 20.3 Å². The van der Waals surface area contributed by atoms with E-state index in [9.17, 15) is 4.79 Å². The van der Waals surface area contributed by atoms with Gasteiger partial charge in [0.15, 0.2) is 0 Å². The first-order chi connectivity index (χ1) is 9.51. The number of amides is 1. The van der Waals surface area contributed by atoms with Gasteiger partial charge >= 0.3 is 0 Å². The first-order valence-corrected chi connectivity index (χ1v) is 6.52. The van der Waals surface area contributed by atoms with Gasteiger partial charge in [-0.1, -0.05) is 13.0 Å². The third-order valence-electron chi connectivity index (χ3n) is 3.02. The lowest BCUT2D eigenvalue weighted by Gasteiger charge is -2.16. The van der Waals surface area contributed by atoms with Gasteiger partial charge in [0.2, 0.25) is 5.82 Å². The Balaban J connectivity index is 2.17. The number of aromatic nitrogens is 3.